The molecule has 4 nitrogen and oxygen atoms in total. The lowest BCUT2D eigenvalue weighted by Gasteiger charge is -2.06. The lowest BCUT2D eigenvalue weighted by Crippen LogP contribution is -2.10. The third-order valence-electron chi connectivity index (χ3n) is 1.96. The van der Waals surface area contributed by atoms with Crippen molar-refractivity contribution >= 4 is 47.3 Å². The first kappa shape index (κ1) is 14.5. The minimum Gasteiger partial charge on any atom is -0.326 e. The molecule has 1 aromatic rings. The van der Waals surface area contributed by atoms with Crippen LogP contribution in [0.15, 0.2) is 27.6 Å². The molecule has 0 saturated carbocycles. The molecule has 0 radical (unpaired) electrons. The first-order valence-electron chi connectivity index (χ1n) is 4.88. The molecule has 1 rings (SSSR count). The molecule has 0 spiro atoms. The van der Waals surface area contributed by atoms with Crippen LogP contribution in [0.25, 0.3) is 0 Å². The predicted octanol–water partition coefficient (Wildman–Crippen LogP) is 3.12. The van der Waals surface area contributed by atoms with Crippen molar-refractivity contribution in [1.82, 2.24) is 0 Å². The number of nitrogens with one attached hydrogen (secondary N) is 1. The fourth-order valence-electron chi connectivity index (χ4n) is 1.23. The highest BCUT2D eigenvalue weighted by Gasteiger charge is 2.14. The van der Waals surface area contributed by atoms with Gasteiger partial charge in [-0.2, -0.15) is 0 Å². The minimum atomic E-state index is -3.78. The van der Waals surface area contributed by atoms with E-state index in [0.717, 1.165) is 6.42 Å². The summed E-state index contributed by atoms with van der Waals surface area (Å²) in [7, 11) is 1.45. The van der Waals surface area contributed by atoms with Crippen LogP contribution in [0.3, 0.4) is 0 Å². The summed E-state index contributed by atoms with van der Waals surface area (Å²) in [4.78, 5) is 11.3. The maximum Gasteiger partial charge on any atom is 0.262 e. The largest absolute Gasteiger partial charge is 0.326 e. The first-order valence-corrected chi connectivity index (χ1v) is 7.99. The van der Waals surface area contributed by atoms with Gasteiger partial charge in [-0.25, -0.2) is 8.42 Å². The molecule has 0 bridgehead atoms. The molecule has 0 atom stereocenters. The summed E-state index contributed by atoms with van der Waals surface area (Å²) in [6.45, 7) is 1.90. The van der Waals surface area contributed by atoms with Crippen LogP contribution in [0.4, 0.5) is 5.69 Å². The van der Waals surface area contributed by atoms with E-state index in [9.17, 15) is 13.2 Å². The Balaban J connectivity index is 2.94. The van der Waals surface area contributed by atoms with Crippen molar-refractivity contribution in [3.8, 4) is 0 Å². The highest BCUT2D eigenvalue weighted by Crippen LogP contribution is 2.27. The number of halogens is 2. The molecule has 1 amide bonds. The summed E-state index contributed by atoms with van der Waals surface area (Å²) in [6, 6.07) is 4.34. The van der Waals surface area contributed by atoms with Crippen molar-refractivity contribution in [3.05, 3.63) is 22.7 Å². The number of amides is 1. The summed E-state index contributed by atoms with van der Waals surface area (Å²) in [5, 5.41) is 2.66. The predicted molar refractivity (Wildman–Crippen MR) is 70.7 cm³/mol. The smallest absolute Gasteiger partial charge is 0.262 e. The summed E-state index contributed by atoms with van der Waals surface area (Å²) in [6.07, 6.45) is 1.17. The zero-order valence-electron chi connectivity index (χ0n) is 9.04. The van der Waals surface area contributed by atoms with E-state index >= 15 is 0 Å². The third kappa shape index (κ3) is 4.29. The molecule has 0 heterocycles. The standard InChI is InChI=1S/C10H11BrClNO3S/c1-2-3-10(14)13-7-4-5-9(8(11)6-7)17(12,15)16/h4-6H,2-3H2,1H3,(H,13,14). The average molecular weight is 341 g/mol. The van der Waals surface area contributed by atoms with E-state index in [1.807, 2.05) is 6.92 Å². The number of benzene rings is 1. The quantitative estimate of drug-likeness (QED) is 0.857. The average Bonchev–Trinajstić information content (AvgIpc) is 2.15. The molecule has 0 aliphatic rings. The van der Waals surface area contributed by atoms with Gasteiger partial charge in [-0.15, -0.1) is 0 Å². The number of rotatable bonds is 4. The van der Waals surface area contributed by atoms with E-state index in [4.69, 9.17) is 10.7 Å². The maximum atomic E-state index is 11.3. The topological polar surface area (TPSA) is 63.2 Å². The van der Waals surface area contributed by atoms with E-state index in [1.165, 1.54) is 18.2 Å². The normalized spacial score (nSPS) is 11.2. The summed E-state index contributed by atoms with van der Waals surface area (Å²) < 4.78 is 22.6. The molecule has 0 fully saturated rings. The van der Waals surface area contributed by atoms with Crippen molar-refractivity contribution in [2.24, 2.45) is 0 Å². The van der Waals surface area contributed by atoms with Gasteiger partial charge in [0, 0.05) is 27.3 Å². The maximum absolute atomic E-state index is 11.3. The second-order valence-electron chi connectivity index (χ2n) is 3.38. The van der Waals surface area contributed by atoms with Gasteiger partial charge < -0.3 is 5.32 Å². The van der Waals surface area contributed by atoms with Crippen LogP contribution in [-0.2, 0) is 13.8 Å². The fourth-order valence-corrected chi connectivity index (χ4v) is 3.45. The third-order valence-corrected chi connectivity index (χ3v) is 4.25. The highest BCUT2D eigenvalue weighted by molar-refractivity contribution is 9.10. The van der Waals surface area contributed by atoms with E-state index < -0.39 is 9.05 Å². The number of anilines is 1. The first-order chi connectivity index (χ1) is 7.84. The van der Waals surface area contributed by atoms with Gasteiger partial charge in [0.15, 0.2) is 0 Å². The van der Waals surface area contributed by atoms with Gasteiger partial charge in [0.2, 0.25) is 5.91 Å². The van der Waals surface area contributed by atoms with E-state index in [0.29, 0.717) is 16.6 Å². The Hall–Kier alpha value is -0.590. The van der Waals surface area contributed by atoms with Crippen molar-refractivity contribution in [2.75, 3.05) is 5.32 Å². The van der Waals surface area contributed by atoms with Crippen LogP contribution >= 0.6 is 26.6 Å². The monoisotopic (exact) mass is 339 g/mol. The van der Waals surface area contributed by atoms with Crippen molar-refractivity contribution < 1.29 is 13.2 Å². The molecule has 0 aromatic heterocycles. The molecule has 0 unspecified atom stereocenters. The Kier molecular flexibility index (Phi) is 4.97. The molecule has 0 saturated heterocycles. The van der Waals surface area contributed by atoms with E-state index in [1.54, 1.807) is 0 Å². The summed E-state index contributed by atoms with van der Waals surface area (Å²) >= 11 is 3.10. The van der Waals surface area contributed by atoms with Crippen LogP contribution < -0.4 is 5.32 Å². The molecule has 0 aliphatic heterocycles. The Morgan fingerprint density at radius 2 is 2.12 bits per heavy atom. The molecule has 1 aromatic carbocycles. The van der Waals surface area contributed by atoms with Gasteiger partial charge >= 0.3 is 0 Å². The lowest BCUT2D eigenvalue weighted by molar-refractivity contribution is -0.116. The van der Waals surface area contributed by atoms with E-state index in [-0.39, 0.29) is 10.8 Å². The second-order valence-corrected chi connectivity index (χ2v) is 6.77. The molecule has 7 heteroatoms. The van der Waals surface area contributed by atoms with Crippen LogP contribution in [0.5, 0.6) is 0 Å². The Morgan fingerprint density at radius 1 is 1.47 bits per heavy atom. The van der Waals surface area contributed by atoms with Crippen LogP contribution in [0.1, 0.15) is 19.8 Å². The zero-order valence-corrected chi connectivity index (χ0v) is 12.2. The molecular weight excluding hydrogens is 330 g/mol. The van der Waals surface area contributed by atoms with Gasteiger partial charge in [-0.3, -0.25) is 4.79 Å². The number of carbonyl (C=O) groups is 1. The number of hydrogen-bond acceptors (Lipinski definition) is 3. The Bertz CT molecular complexity index is 530. The van der Waals surface area contributed by atoms with Crippen molar-refractivity contribution in [2.45, 2.75) is 24.7 Å². The Labute approximate surface area is 113 Å². The Morgan fingerprint density at radius 3 is 2.59 bits per heavy atom. The van der Waals surface area contributed by atoms with Crippen molar-refractivity contribution in [3.63, 3.8) is 0 Å². The second kappa shape index (κ2) is 5.84. The van der Waals surface area contributed by atoms with Gasteiger partial charge in [0.25, 0.3) is 9.05 Å². The van der Waals surface area contributed by atoms with Crippen molar-refractivity contribution in [1.29, 1.82) is 0 Å². The minimum absolute atomic E-state index is 0.0207. The summed E-state index contributed by atoms with van der Waals surface area (Å²) in [5.74, 6) is -0.110. The van der Waals surface area contributed by atoms with Gasteiger partial charge in [-0.05, 0) is 40.5 Å². The van der Waals surface area contributed by atoms with Gasteiger partial charge in [0.1, 0.15) is 0 Å². The van der Waals surface area contributed by atoms with Gasteiger partial charge in [-0.1, -0.05) is 6.92 Å². The fraction of sp³-hybridized carbons (Fsp3) is 0.300. The summed E-state index contributed by atoms with van der Waals surface area (Å²) in [5.41, 5.74) is 0.527. The number of hydrogen-bond donors (Lipinski definition) is 1. The van der Waals surface area contributed by atoms with Gasteiger partial charge in [0.05, 0.1) is 4.90 Å². The SMILES string of the molecule is CCCC(=O)Nc1ccc(S(=O)(=O)Cl)c(Br)c1. The van der Waals surface area contributed by atoms with Crippen LogP contribution in [0, 0.1) is 0 Å². The van der Waals surface area contributed by atoms with Crippen LogP contribution in [0.2, 0.25) is 0 Å². The molecule has 1 N–H and O–H groups in total. The van der Waals surface area contributed by atoms with Crippen LogP contribution in [-0.4, -0.2) is 14.3 Å². The molecule has 94 valence electrons. The zero-order chi connectivity index (χ0) is 13.1. The molecule has 0 aliphatic carbocycles. The number of carbonyl (C=O) groups excluding carboxylic acids is 1. The molecule has 17 heavy (non-hydrogen) atoms. The van der Waals surface area contributed by atoms with E-state index in [2.05, 4.69) is 21.2 Å². The highest BCUT2D eigenvalue weighted by atomic mass is 79.9. The lowest BCUT2D eigenvalue weighted by atomic mass is 10.3. The molecular formula is C10H11BrClNO3S.